The van der Waals surface area contributed by atoms with E-state index in [9.17, 15) is 8.42 Å². The van der Waals surface area contributed by atoms with Gasteiger partial charge < -0.3 is 9.64 Å². The summed E-state index contributed by atoms with van der Waals surface area (Å²) in [7, 11) is 1.89. The van der Waals surface area contributed by atoms with Crippen molar-refractivity contribution in [1.82, 2.24) is 9.62 Å². The SMILES string of the molecule is COc1c(C)cc(S(=O)(=O)NCC(c2ccsc2)N(C)C)cc1C. The molecule has 5 nitrogen and oxygen atoms in total. The monoisotopic (exact) mass is 368 g/mol. The Bertz CT molecular complexity index is 761. The Kier molecular flexibility index (Phi) is 6.03. The van der Waals surface area contributed by atoms with Crippen molar-refractivity contribution in [2.24, 2.45) is 0 Å². The van der Waals surface area contributed by atoms with Crippen LogP contribution in [0.1, 0.15) is 22.7 Å². The highest BCUT2D eigenvalue weighted by molar-refractivity contribution is 7.89. The molecule has 0 amide bonds. The molecule has 2 aromatic rings. The molecule has 7 heteroatoms. The fraction of sp³-hybridized carbons (Fsp3) is 0.412. The molecule has 0 aliphatic rings. The molecule has 0 aliphatic heterocycles. The molecule has 0 spiro atoms. The third-order valence-electron chi connectivity index (χ3n) is 3.97. The zero-order valence-corrected chi connectivity index (χ0v) is 16.3. The zero-order valence-electron chi connectivity index (χ0n) is 14.7. The van der Waals surface area contributed by atoms with Gasteiger partial charge in [-0.1, -0.05) is 0 Å². The van der Waals surface area contributed by atoms with Gasteiger partial charge in [0.25, 0.3) is 0 Å². The van der Waals surface area contributed by atoms with Crippen LogP contribution in [0.5, 0.6) is 5.75 Å². The van der Waals surface area contributed by atoms with Gasteiger partial charge in [0.15, 0.2) is 0 Å². The second-order valence-electron chi connectivity index (χ2n) is 5.98. The highest BCUT2D eigenvalue weighted by atomic mass is 32.2. The zero-order chi connectivity index (χ0) is 17.9. The van der Waals surface area contributed by atoms with Crippen molar-refractivity contribution >= 4 is 21.4 Å². The number of ether oxygens (including phenoxy) is 1. The van der Waals surface area contributed by atoms with Gasteiger partial charge in [-0.2, -0.15) is 11.3 Å². The van der Waals surface area contributed by atoms with Gasteiger partial charge in [-0.25, -0.2) is 13.1 Å². The van der Waals surface area contributed by atoms with Crippen molar-refractivity contribution < 1.29 is 13.2 Å². The van der Waals surface area contributed by atoms with Gasteiger partial charge in [-0.3, -0.25) is 0 Å². The van der Waals surface area contributed by atoms with E-state index in [4.69, 9.17) is 4.74 Å². The van der Waals surface area contributed by atoms with Crippen LogP contribution in [-0.2, 0) is 10.0 Å². The maximum Gasteiger partial charge on any atom is 0.240 e. The number of methoxy groups -OCH3 is 1. The number of nitrogens with one attached hydrogen (secondary N) is 1. The van der Waals surface area contributed by atoms with Crippen molar-refractivity contribution in [3.8, 4) is 5.75 Å². The van der Waals surface area contributed by atoms with Gasteiger partial charge in [0.05, 0.1) is 12.0 Å². The Balaban J connectivity index is 2.22. The smallest absolute Gasteiger partial charge is 0.240 e. The average Bonchev–Trinajstić information content (AvgIpc) is 3.00. The van der Waals surface area contributed by atoms with Gasteiger partial charge in [0.1, 0.15) is 5.75 Å². The number of rotatable bonds is 7. The molecule has 24 heavy (non-hydrogen) atoms. The summed E-state index contributed by atoms with van der Waals surface area (Å²) in [6.45, 7) is 4.01. The molecule has 1 N–H and O–H groups in total. The van der Waals surface area contributed by atoms with Gasteiger partial charge in [-0.05, 0) is 73.6 Å². The third-order valence-corrected chi connectivity index (χ3v) is 6.07. The van der Waals surface area contributed by atoms with E-state index in [0.29, 0.717) is 6.54 Å². The molecule has 0 saturated heterocycles. The van der Waals surface area contributed by atoms with Crippen LogP contribution in [0.4, 0.5) is 0 Å². The van der Waals surface area contributed by atoms with E-state index < -0.39 is 10.0 Å². The number of hydrogen-bond acceptors (Lipinski definition) is 5. The maximum absolute atomic E-state index is 12.7. The van der Waals surface area contributed by atoms with E-state index in [1.807, 2.05) is 49.7 Å². The van der Waals surface area contributed by atoms with Crippen LogP contribution in [-0.4, -0.2) is 41.1 Å². The lowest BCUT2D eigenvalue weighted by atomic mass is 10.1. The Hall–Kier alpha value is -1.41. The van der Waals surface area contributed by atoms with Crippen LogP contribution >= 0.6 is 11.3 Å². The average molecular weight is 369 g/mol. The van der Waals surface area contributed by atoms with E-state index in [-0.39, 0.29) is 10.9 Å². The third kappa shape index (κ3) is 4.16. The molecule has 2 rings (SSSR count). The summed E-state index contributed by atoms with van der Waals surface area (Å²) in [4.78, 5) is 2.27. The van der Waals surface area contributed by atoms with Gasteiger partial charge in [0, 0.05) is 12.6 Å². The molecule has 0 fully saturated rings. The minimum absolute atomic E-state index is 0.00790. The first kappa shape index (κ1) is 18.9. The fourth-order valence-electron chi connectivity index (χ4n) is 2.72. The molecular weight excluding hydrogens is 344 g/mol. The standard InChI is InChI=1S/C17H24N2O3S2/c1-12-8-15(9-13(2)17(12)22-5)24(20,21)18-10-16(19(3)4)14-6-7-23-11-14/h6-9,11,16,18H,10H2,1-5H3. The number of aryl methyl sites for hydroxylation is 2. The van der Waals surface area contributed by atoms with Crippen LogP contribution in [0.2, 0.25) is 0 Å². The van der Waals surface area contributed by atoms with Gasteiger partial charge in [0.2, 0.25) is 10.0 Å². The Labute approximate surface area is 148 Å². The molecule has 132 valence electrons. The summed E-state index contributed by atoms with van der Waals surface area (Å²) < 4.78 is 33.4. The van der Waals surface area contributed by atoms with Crippen molar-refractivity contribution in [3.05, 3.63) is 45.6 Å². The van der Waals surface area contributed by atoms with Crippen LogP contribution in [0.3, 0.4) is 0 Å². The molecule has 1 aromatic carbocycles. The minimum Gasteiger partial charge on any atom is -0.496 e. The highest BCUT2D eigenvalue weighted by Gasteiger charge is 2.21. The summed E-state index contributed by atoms with van der Waals surface area (Å²) in [5, 5.41) is 4.04. The topological polar surface area (TPSA) is 58.6 Å². The predicted octanol–water partition coefficient (Wildman–Crippen LogP) is 2.95. The Morgan fingerprint density at radius 2 is 1.88 bits per heavy atom. The maximum atomic E-state index is 12.7. The lowest BCUT2D eigenvalue weighted by Gasteiger charge is -2.24. The highest BCUT2D eigenvalue weighted by Crippen LogP contribution is 2.27. The lowest BCUT2D eigenvalue weighted by molar-refractivity contribution is 0.300. The summed E-state index contributed by atoms with van der Waals surface area (Å²) in [5.41, 5.74) is 2.72. The second-order valence-corrected chi connectivity index (χ2v) is 8.53. The molecular formula is C17H24N2O3S2. The predicted molar refractivity (Wildman–Crippen MR) is 98.4 cm³/mol. The van der Waals surface area contributed by atoms with Gasteiger partial charge in [-0.15, -0.1) is 0 Å². The van der Waals surface area contributed by atoms with Crippen molar-refractivity contribution in [2.45, 2.75) is 24.8 Å². The summed E-state index contributed by atoms with van der Waals surface area (Å²) in [6, 6.07) is 5.30. The largest absolute Gasteiger partial charge is 0.496 e. The fourth-order valence-corrected chi connectivity index (χ4v) is 4.64. The number of nitrogens with zero attached hydrogens (tertiary/aromatic N) is 1. The van der Waals surface area contributed by atoms with Crippen molar-refractivity contribution in [2.75, 3.05) is 27.7 Å². The number of hydrogen-bond donors (Lipinski definition) is 1. The van der Waals surface area contributed by atoms with Gasteiger partial charge >= 0.3 is 0 Å². The van der Waals surface area contributed by atoms with E-state index in [1.165, 1.54) is 0 Å². The van der Waals surface area contributed by atoms with E-state index in [1.54, 1.807) is 30.6 Å². The van der Waals surface area contributed by atoms with Crippen LogP contribution in [0, 0.1) is 13.8 Å². The first-order valence-corrected chi connectivity index (χ1v) is 10.0. The molecule has 1 heterocycles. The quantitative estimate of drug-likeness (QED) is 0.816. The molecule has 0 bridgehead atoms. The van der Waals surface area contributed by atoms with E-state index in [0.717, 1.165) is 22.4 Å². The molecule has 1 aromatic heterocycles. The minimum atomic E-state index is -3.58. The van der Waals surface area contributed by atoms with E-state index in [2.05, 4.69) is 4.72 Å². The Morgan fingerprint density at radius 3 is 2.33 bits per heavy atom. The summed E-state index contributed by atoms with van der Waals surface area (Å²) >= 11 is 1.61. The van der Waals surface area contributed by atoms with Crippen LogP contribution in [0.25, 0.3) is 0 Å². The summed E-state index contributed by atoms with van der Waals surface area (Å²) in [6.07, 6.45) is 0. The van der Waals surface area contributed by atoms with Crippen molar-refractivity contribution in [3.63, 3.8) is 0 Å². The second kappa shape index (κ2) is 7.65. The molecule has 1 atom stereocenters. The number of sulfonamides is 1. The summed E-state index contributed by atoms with van der Waals surface area (Å²) in [5.74, 6) is 0.721. The first-order valence-electron chi connectivity index (χ1n) is 7.59. The van der Waals surface area contributed by atoms with E-state index >= 15 is 0 Å². The molecule has 0 radical (unpaired) electrons. The van der Waals surface area contributed by atoms with Crippen molar-refractivity contribution in [1.29, 1.82) is 0 Å². The molecule has 0 aliphatic carbocycles. The number of likely N-dealkylation sites (N-methyl/N-ethyl adjacent to an activating group) is 1. The lowest BCUT2D eigenvalue weighted by Crippen LogP contribution is -2.34. The molecule has 0 saturated carbocycles. The van der Waals surface area contributed by atoms with Crippen LogP contribution in [0.15, 0.2) is 33.9 Å². The van der Waals surface area contributed by atoms with Crippen LogP contribution < -0.4 is 9.46 Å². The normalized spacial score (nSPS) is 13.2. The number of thiophene rings is 1. The number of benzene rings is 1. The first-order chi connectivity index (χ1) is 11.3. The Morgan fingerprint density at radius 1 is 1.25 bits per heavy atom. The molecule has 1 unspecified atom stereocenters.